The summed E-state index contributed by atoms with van der Waals surface area (Å²) in [7, 11) is 1.27. The molecule has 0 N–H and O–H groups in total. The van der Waals surface area contributed by atoms with Crippen LogP contribution in [0.15, 0.2) is 35.5 Å². The lowest BCUT2D eigenvalue weighted by Crippen LogP contribution is -2.28. The fourth-order valence-corrected chi connectivity index (χ4v) is 2.73. The number of furan rings is 1. The van der Waals surface area contributed by atoms with Crippen molar-refractivity contribution >= 4 is 23.5 Å². The van der Waals surface area contributed by atoms with Crippen LogP contribution in [0.5, 0.6) is 0 Å². The molecule has 0 saturated carbocycles. The molecule has 0 bridgehead atoms. The first-order valence-corrected chi connectivity index (χ1v) is 6.50. The van der Waals surface area contributed by atoms with Gasteiger partial charge in [-0.15, -0.1) is 18.3 Å². The number of hydrogen-bond donors (Lipinski definition) is 0. The third kappa shape index (κ3) is 3.50. The molecule has 1 aromatic heterocycles. The van der Waals surface area contributed by atoms with Crippen LogP contribution in [0.25, 0.3) is 0 Å². The molecule has 18 heavy (non-hydrogen) atoms. The van der Waals surface area contributed by atoms with Crippen LogP contribution in [0.3, 0.4) is 0 Å². The Bertz CT molecular complexity index is 411. The Balaban J connectivity index is 3.02. The number of Topliss-reactive ketones (excluding diaryl/α,β-unsaturated/α-hetero) is 1. The molecule has 0 saturated heterocycles. The molecule has 1 rings (SSSR count). The van der Waals surface area contributed by atoms with Crippen LogP contribution in [0.1, 0.15) is 17.9 Å². The molecular formula is C13H16O4S. The molecule has 0 radical (unpaired) electrons. The summed E-state index contributed by atoms with van der Waals surface area (Å²) in [5, 5.41) is -0.386. The maximum Gasteiger partial charge on any atom is 0.317 e. The van der Waals surface area contributed by atoms with Gasteiger partial charge in [-0.25, -0.2) is 0 Å². The molecule has 4 nitrogen and oxygen atoms in total. The standard InChI is InChI=1S/C13H16O4S/c1-4-8-18-12(10-6-5-7-17-10)11(9(2)14)13(15)16-3/h4-7,11-12H,1,8H2,2-3H3. The number of carbonyl (C=O) groups is 2. The third-order valence-electron chi connectivity index (χ3n) is 2.41. The van der Waals surface area contributed by atoms with Gasteiger partial charge < -0.3 is 9.15 Å². The average molecular weight is 268 g/mol. The number of methoxy groups -OCH3 is 1. The van der Waals surface area contributed by atoms with E-state index in [1.54, 1.807) is 18.2 Å². The van der Waals surface area contributed by atoms with Gasteiger partial charge in [0.15, 0.2) is 0 Å². The lowest BCUT2D eigenvalue weighted by Gasteiger charge is -2.20. The molecule has 2 atom stereocenters. The Kier molecular flexibility index (Phi) is 5.71. The molecular weight excluding hydrogens is 252 g/mol. The second-order valence-electron chi connectivity index (χ2n) is 3.67. The average Bonchev–Trinajstić information content (AvgIpc) is 2.86. The quantitative estimate of drug-likeness (QED) is 0.432. The summed E-state index contributed by atoms with van der Waals surface area (Å²) < 4.78 is 10.00. The van der Waals surface area contributed by atoms with Gasteiger partial charge in [-0.05, 0) is 19.1 Å². The summed E-state index contributed by atoms with van der Waals surface area (Å²) >= 11 is 1.43. The Morgan fingerprint density at radius 3 is 2.78 bits per heavy atom. The number of hydrogen-bond acceptors (Lipinski definition) is 5. The van der Waals surface area contributed by atoms with Crippen LogP contribution in [0, 0.1) is 5.92 Å². The number of ketones is 1. The fourth-order valence-electron chi connectivity index (χ4n) is 1.60. The smallest absolute Gasteiger partial charge is 0.317 e. The second kappa shape index (κ2) is 7.06. The molecule has 0 aromatic carbocycles. The molecule has 1 heterocycles. The van der Waals surface area contributed by atoms with Crippen LogP contribution >= 0.6 is 11.8 Å². The van der Waals surface area contributed by atoms with Crippen molar-refractivity contribution < 1.29 is 18.7 Å². The van der Waals surface area contributed by atoms with Crippen LogP contribution in [-0.4, -0.2) is 24.6 Å². The van der Waals surface area contributed by atoms with Gasteiger partial charge in [0.2, 0.25) is 0 Å². The molecule has 0 aliphatic rings. The first kappa shape index (κ1) is 14.6. The van der Waals surface area contributed by atoms with Crippen LogP contribution < -0.4 is 0 Å². The van der Waals surface area contributed by atoms with Crippen LogP contribution in [0.4, 0.5) is 0 Å². The van der Waals surface area contributed by atoms with Crippen molar-refractivity contribution in [2.75, 3.05) is 12.9 Å². The molecule has 0 amide bonds. The van der Waals surface area contributed by atoms with E-state index in [1.807, 2.05) is 0 Å². The van der Waals surface area contributed by atoms with E-state index in [0.717, 1.165) is 0 Å². The Morgan fingerprint density at radius 1 is 1.61 bits per heavy atom. The summed E-state index contributed by atoms with van der Waals surface area (Å²) in [5.74, 6) is -0.426. The first-order chi connectivity index (χ1) is 8.61. The topological polar surface area (TPSA) is 56.5 Å². The number of thioether (sulfide) groups is 1. The number of carbonyl (C=O) groups excluding carboxylic acids is 2. The maximum atomic E-state index is 11.7. The zero-order chi connectivity index (χ0) is 13.5. The third-order valence-corrected chi connectivity index (χ3v) is 3.70. The highest BCUT2D eigenvalue weighted by Crippen LogP contribution is 2.37. The molecule has 0 spiro atoms. The van der Waals surface area contributed by atoms with E-state index >= 15 is 0 Å². The fraction of sp³-hybridized carbons (Fsp3) is 0.385. The van der Waals surface area contributed by atoms with E-state index in [1.165, 1.54) is 32.1 Å². The van der Waals surface area contributed by atoms with Crippen molar-refractivity contribution in [2.24, 2.45) is 5.92 Å². The van der Waals surface area contributed by atoms with Crippen molar-refractivity contribution in [2.45, 2.75) is 12.2 Å². The number of esters is 1. The number of ether oxygens (including phenoxy) is 1. The summed E-state index contributed by atoms with van der Waals surface area (Å²) in [6, 6.07) is 3.48. The van der Waals surface area contributed by atoms with Gasteiger partial charge in [0.1, 0.15) is 17.5 Å². The molecule has 0 fully saturated rings. The maximum absolute atomic E-state index is 11.7. The van der Waals surface area contributed by atoms with E-state index < -0.39 is 11.9 Å². The van der Waals surface area contributed by atoms with E-state index in [2.05, 4.69) is 6.58 Å². The van der Waals surface area contributed by atoms with Crippen molar-refractivity contribution in [3.63, 3.8) is 0 Å². The van der Waals surface area contributed by atoms with Gasteiger partial charge in [0.25, 0.3) is 0 Å². The molecule has 98 valence electrons. The Morgan fingerprint density at radius 2 is 2.33 bits per heavy atom. The van der Waals surface area contributed by atoms with E-state index in [4.69, 9.17) is 9.15 Å². The highest BCUT2D eigenvalue weighted by molar-refractivity contribution is 7.99. The van der Waals surface area contributed by atoms with Crippen molar-refractivity contribution in [3.8, 4) is 0 Å². The zero-order valence-corrected chi connectivity index (χ0v) is 11.2. The van der Waals surface area contributed by atoms with Gasteiger partial charge >= 0.3 is 5.97 Å². The second-order valence-corrected chi connectivity index (χ2v) is 4.84. The minimum Gasteiger partial charge on any atom is -0.468 e. The van der Waals surface area contributed by atoms with Gasteiger partial charge in [-0.2, -0.15) is 0 Å². The van der Waals surface area contributed by atoms with Crippen molar-refractivity contribution in [3.05, 3.63) is 36.8 Å². The number of rotatable bonds is 7. The van der Waals surface area contributed by atoms with Gasteiger partial charge in [-0.3, -0.25) is 9.59 Å². The van der Waals surface area contributed by atoms with E-state index in [0.29, 0.717) is 11.5 Å². The van der Waals surface area contributed by atoms with Crippen LogP contribution in [-0.2, 0) is 14.3 Å². The minimum absolute atomic E-state index is 0.236. The molecule has 2 unspecified atom stereocenters. The summed E-state index contributed by atoms with van der Waals surface area (Å²) in [4.78, 5) is 23.4. The largest absolute Gasteiger partial charge is 0.468 e. The predicted octanol–water partition coefficient (Wildman–Crippen LogP) is 2.62. The minimum atomic E-state index is -0.855. The van der Waals surface area contributed by atoms with Gasteiger partial charge in [-0.1, -0.05) is 6.08 Å². The molecule has 5 heteroatoms. The summed E-state index contributed by atoms with van der Waals surface area (Å²) in [6.07, 6.45) is 3.24. The zero-order valence-electron chi connectivity index (χ0n) is 10.4. The molecule has 0 aliphatic carbocycles. The molecule has 1 aromatic rings. The lowest BCUT2D eigenvalue weighted by atomic mass is 9.99. The van der Waals surface area contributed by atoms with Crippen LogP contribution in [0.2, 0.25) is 0 Å². The Labute approximate surface area is 110 Å². The molecule has 0 aliphatic heterocycles. The highest BCUT2D eigenvalue weighted by atomic mass is 32.2. The Hall–Kier alpha value is -1.49. The highest BCUT2D eigenvalue weighted by Gasteiger charge is 2.36. The SMILES string of the molecule is C=CCSC(c1ccco1)C(C(C)=O)C(=O)OC. The monoisotopic (exact) mass is 268 g/mol. The van der Waals surface area contributed by atoms with E-state index in [9.17, 15) is 9.59 Å². The van der Waals surface area contributed by atoms with Gasteiger partial charge in [0.05, 0.1) is 18.6 Å². The lowest BCUT2D eigenvalue weighted by molar-refractivity contribution is -0.149. The normalized spacial score (nSPS) is 13.7. The van der Waals surface area contributed by atoms with Crippen molar-refractivity contribution in [1.29, 1.82) is 0 Å². The van der Waals surface area contributed by atoms with Crippen molar-refractivity contribution in [1.82, 2.24) is 0 Å². The summed E-state index contributed by atoms with van der Waals surface area (Å²) in [5.41, 5.74) is 0. The summed E-state index contributed by atoms with van der Waals surface area (Å²) in [6.45, 7) is 5.01. The van der Waals surface area contributed by atoms with Gasteiger partial charge in [0, 0.05) is 5.75 Å². The predicted molar refractivity (Wildman–Crippen MR) is 70.3 cm³/mol. The first-order valence-electron chi connectivity index (χ1n) is 5.46. The van der Waals surface area contributed by atoms with E-state index in [-0.39, 0.29) is 11.0 Å².